The van der Waals surface area contributed by atoms with Gasteiger partial charge in [-0.2, -0.15) is 17.9 Å². The highest BCUT2D eigenvalue weighted by Crippen LogP contribution is 2.28. The van der Waals surface area contributed by atoms with Gasteiger partial charge >= 0.3 is 6.18 Å². The van der Waals surface area contributed by atoms with Gasteiger partial charge in [0.25, 0.3) is 0 Å². The van der Waals surface area contributed by atoms with Crippen LogP contribution in [0.2, 0.25) is 0 Å². The molecule has 0 amide bonds. The lowest BCUT2D eigenvalue weighted by atomic mass is 9.90. The SMILES string of the molecule is Cc1cc(C)c(S(=O)(=O)NC(COc2ccc3c(c2)C(=O)CCC3)C(F)(F)F)c(C)c1. The van der Waals surface area contributed by atoms with E-state index < -0.39 is 28.8 Å². The first-order valence-corrected chi connectivity index (χ1v) is 11.3. The lowest BCUT2D eigenvalue weighted by Crippen LogP contribution is -2.49. The maximum absolute atomic E-state index is 13.6. The van der Waals surface area contributed by atoms with E-state index >= 15 is 0 Å². The van der Waals surface area contributed by atoms with Gasteiger partial charge < -0.3 is 4.74 Å². The van der Waals surface area contributed by atoms with E-state index in [1.165, 1.54) is 26.0 Å². The molecule has 1 unspecified atom stereocenters. The number of fused-ring (bicyclic) bond motifs is 1. The number of benzene rings is 2. The van der Waals surface area contributed by atoms with Gasteiger partial charge in [0, 0.05) is 12.0 Å². The summed E-state index contributed by atoms with van der Waals surface area (Å²) in [5.41, 5.74) is 2.81. The molecule has 0 aromatic heterocycles. The smallest absolute Gasteiger partial charge is 0.408 e. The summed E-state index contributed by atoms with van der Waals surface area (Å²) in [6, 6.07) is 5.33. The van der Waals surface area contributed by atoms with E-state index in [2.05, 4.69) is 0 Å². The van der Waals surface area contributed by atoms with Gasteiger partial charge in [0.15, 0.2) is 11.8 Å². The molecule has 0 saturated carbocycles. The van der Waals surface area contributed by atoms with Crippen molar-refractivity contribution in [2.24, 2.45) is 0 Å². The van der Waals surface area contributed by atoms with Crippen LogP contribution in [0.3, 0.4) is 0 Å². The first-order chi connectivity index (χ1) is 14.4. The van der Waals surface area contributed by atoms with E-state index in [9.17, 15) is 26.4 Å². The van der Waals surface area contributed by atoms with Crippen LogP contribution in [0.15, 0.2) is 35.2 Å². The van der Waals surface area contributed by atoms with E-state index in [-0.39, 0.29) is 16.4 Å². The molecule has 168 valence electrons. The first kappa shape index (κ1) is 23.3. The second-order valence-corrected chi connectivity index (χ2v) is 9.50. The molecule has 0 spiro atoms. The minimum Gasteiger partial charge on any atom is -0.492 e. The number of carbonyl (C=O) groups is 1. The maximum Gasteiger partial charge on any atom is 0.408 e. The number of aryl methyl sites for hydroxylation is 4. The predicted octanol–water partition coefficient (Wildman–Crippen LogP) is 4.42. The number of Topliss-reactive ketones (excluding diaryl/α,β-unsaturated/α-hetero) is 1. The molecule has 0 fully saturated rings. The molecule has 0 radical (unpaired) electrons. The minimum absolute atomic E-state index is 0.0786. The largest absolute Gasteiger partial charge is 0.492 e. The van der Waals surface area contributed by atoms with E-state index in [1.54, 1.807) is 29.8 Å². The fraction of sp³-hybridized carbons (Fsp3) is 0.409. The van der Waals surface area contributed by atoms with E-state index in [0.717, 1.165) is 24.0 Å². The van der Waals surface area contributed by atoms with E-state index in [1.807, 2.05) is 0 Å². The molecular formula is C22H24F3NO4S. The van der Waals surface area contributed by atoms with Gasteiger partial charge in [-0.1, -0.05) is 23.8 Å². The summed E-state index contributed by atoms with van der Waals surface area (Å²) in [4.78, 5) is 11.9. The zero-order valence-corrected chi connectivity index (χ0v) is 18.3. The fourth-order valence-electron chi connectivity index (χ4n) is 3.91. The molecule has 31 heavy (non-hydrogen) atoms. The molecule has 1 atom stereocenters. The highest BCUT2D eigenvalue weighted by Gasteiger charge is 2.43. The van der Waals surface area contributed by atoms with Crippen LogP contribution in [0.4, 0.5) is 13.2 Å². The fourth-order valence-corrected chi connectivity index (χ4v) is 5.57. The summed E-state index contributed by atoms with van der Waals surface area (Å²) in [6.45, 7) is 3.90. The number of hydrogen-bond donors (Lipinski definition) is 1. The Hall–Kier alpha value is -2.39. The summed E-state index contributed by atoms with van der Waals surface area (Å²) in [6.07, 6.45) is -3.02. The summed E-state index contributed by atoms with van der Waals surface area (Å²) < 4.78 is 73.4. The maximum atomic E-state index is 13.6. The summed E-state index contributed by atoms with van der Waals surface area (Å²) in [7, 11) is -4.45. The van der Waals surface area contributed by atoms with Crippen molar-refractivity contribution < 1.29 is 31.1 Å². The highest BCUT2D eigenvalue weighted by molar-refractivity contribution is 7.89. The molecule has 0 saturated heterocycles. The molecule has 0 heterocycles. The van der Waals surface area contributed by atoms with Crippen LogP contribution >= 0.6 is 0 Å². The van der Waals surface area contributed by atoms with Gasteiger partial charge in [0.2, 0.25) is 10.0 Å². The lowest BCUT2D eigenvalue weighted by Gasteiger charge is -2.23. The van der Waals surface area contributed by atoms with E-state index in [4.69, 9.17) is 4.74 Å². The average molecular weight is 455 g/mol. The van der Waals surface area contributed by atoms with Crippen molar-refractivity contribution in [2.45, 2.75) is 57.1 Å². The number of ketones is 1. The molecule has 0 aliphatic heterocycles. The number of hydrogen-bond acceptors (Lipinski definition) is 4. The number of rotatable bonds is 6. The molecule has 5 nitrogen and oxygen atoms in total. The molecule has 2 aromatic carbocycles. The normalized spacial score (nSPS) is 15.5. The van der Waals surface area contributed by atoms with Gasteiger partial charge in [-0.25, -0.2) is 8.42 Å². The topological polar surface area (TPSA) is 72.5 Å². The number of halogens is 3. The highest BCUT2D eigenvalue weighted by atomic mass is 32.2. The number of alkyl halides is 3. The minimum atomic E-state index is -4.87. The summed E-state index contributed by atoms with van der Waals surface area (Å²) in [5.74, 6) is 0.00948. The standard InChI is InChI=1S/C22H24F3NO4S/c1-13-9-14(2)21(15(3)10-13)31(28,29)26-20(22(23,24)25)12-30-17-8-7-16-5-4-6-19(27)18(16)11-17/h7-11,20,26H,4-6,12H2,1-3H3. The first-order valence-electron chi connectivity index (χ1n) is 9.84. The van der Waals surface area contributed by atoms with Crippen molar-refractivity contribution in [1.82, 2.24) is 4.72 Å². The summed E-state index contributed by atoms with van der Waals surface area (Å²) in [5, 5.41) is 0. The average Bonchev–Trinajstić information content (AvgIpc) is 2.63. The van der Waals surface area contributed by atoms with Crippen LogP contribution in [-0.4, -0.2) is 33.0 Å². The monoisotopic (exact) mass is 455 g/mol. The number of carbonyl (C=O) groups excluding carboxylic acids is 1. The Labute approximate surface area is 179 Å². The Morgan fingerprint density at radius 1 is 1.06 bits per heavy atom. The molecule has 0 bridgehead atoms. The Balaban J connectivity index is 1.82. The van der Waals surface area contributed by atoms with E-state index in [0.29, 0.717) is 23.1 Å². The molecule has 1 N–H and O–H groups in total. The number of ether oxygens (including phenoxy) is 1. The van der Waals surface area contributed by atoms with Crippen molar-refractivity contribution in [3.8, 4) is 5.75 Å². The van der Waals surface area contributed by atoms with Gasteiger partial charge in [0.1, 0.15) is 12.4 Å². The number of nitrogens with one attached hydrogen (secondary N) is 1. The van der Waals surface area contributed by atoms with Crippen molar-refractivity contribution in [3.05, 3.63) is 58.1 Å². The van der Waals surface area contributed by atoms with Crippen LogP contribution in [0.1, 0.15) is 45.5 Å². The quantitative estimate of drug-likeness (QED) is 0.700. The van der Waals surface area contributed by atoms with Gasteiger partial charge in [-0.15, -0.1) is 0 Å². The lowest BCUT2D eigenvalue weighted by molar-refractivity contribution is -0.157. The van der Waals surface area contributed by atoms with Crippen molar-refractivity contribution in [1.29, 1.82) is 0 Å². The van der Waals surface area contributed by atoms with Crippen LogP contribution in [0.25, 0.3) is 0 Å². The van der Waals surface area contributed by atoms with Crippen molar-refractivity contribution in [2.75, 3.05) is 6.61 Å². The van der Waals surface area contributed by atoms with Crippen molar-refractivity contribution in [3.63, 3.8) is 0 Å². The van der Waals surface area contributed by atoms with Crippen LogP contribution in [0, 0.1) is 20.8 Å². The summed E-state index contributed by atoms with van der Waals surface area (Å²) >= 11 is 0. The third-order valence-corrected chi connectivity index (χ3v) is 6.99. The molecule has 2 aromatic rings. The second-order valence-electron chi connectivity index (χ2n) is 7.85. The molecular weight excluding hydrogens is 431 g/mol. The van der Waals surface area contributed by atoms with Crippen LogP contribution < -0.4 is 9.46 Å². The van der Waals surface area contributed by atoms with Gasteiger partial charge in [-0.3, -0.25) is 4.79 Å². The van der Waals surface area contributed by atoms with Gasteiger partial charge in [0.05, 0.1) is 4.90 Å². The zero-order chi connectivity index (χ0) is 23.0. The molecule has 1 aliphatic carbocycles. The van der Waals surface area contributed by atoms with Crippen molar-refractivity contribution >= 4 is 15.8 Å². The Kier molecular flexibility index (Phi) is 6.48. The third-order valence-electron chi connectivity index (χ3n) is 5.21. The Morgan fingerprint density at radius 3 is 2.32 bits per heavy atom. The van der Waals surface area contributed by atoms with Crippen LogP contribution in [-0.2, 0) is 16.4 Å². The predicted molar refractivity (Wildman–Crippen MR) is 110 cm³/mol. The molecule has 9 heteroatoms. The third kappa shape index (κ3) is 5.27. The molecule has 3 rings (SSSR count). The Bertz CT molecular complexity index is 1090. The number of sulfonamides is 1. The zero-order valence-electron chi connectivity index (χ0n) is 17.5. The van der Waals surface area contributed by atoms with Gasteiger partial charge in [-0.05, 0) is 62.4 Å². The molecule has 1 aliphatic rings. The van der Waals surface area contributed by atoms with Crippen LogP contribution in [0.5, 0.6) is 5.75 Å². The second kappa shape index (κ2) is 8.63. The Morgan fingerprint density at radius 2 is 1.71 bits per heavy atom.